The van der Waals surface area contributed by atoms with Crippen LogP contribution in [0.25, 0.3) is 22.3 Å². The van der Waals surface area contributed by atoms with Crippen LogP contribution in [0.4, 0.5) is 28.7 Å². The van der Waals surface area contributed by atoms with Gasteiger partial charge in [0.2, 0.25) is 5.95 Å². The molecule has 1 aliphatic heterocycles. The van der Waals surface area contributed by atoms with Crippen LogP contribution in [-0.4, -0.2) is 68.4 Å². The highest BCUT2D eigenvalue weighted by molar-refractivity contribution is 6.29. The molecule has 0 spiro atoms. The number of aromatic nitrogens is 4. The summed E-state index contributed by atoms with van der Waals surface area (Å²) in [4.78, 5) is 38.5. The van der Waals surface area contributed by atoms with Crippen LogP contribution in [0.5, 0.6) is 0 Å². The Hall–Kier alpha value is -3.61. The van der Waals surface area contributed by atoms with Crippen LogP contribution < -0.4 is 5.32 Å². The highest BCUT2D eigenvalue weighted by atomic mass is 35.5. The molecule has 3 aromatic rings. The van der Waals surface area contributed by atoms with E-state index in [-0.39, 0.29) is 40.3 Å². The molecule has 0 aliphatic carbocycles. The number of fused-ring (bicyclic) bond motifs is 1. The average Bonchev–Trinajstić information content (AvgIpc) is 3.20. The molecule has 10 nitrogen and oxygen atoms in total. The predicted molar refractivity (Wildman–Crippen MR) is 133 cm³/mol. The van der Waals surface area contributed by atoms with Crippen LogP contribution in [-0.2, 0) is 15.7 Å². The van der Waals surface area contributed by atoms with Crippen molar-refractivity contribution in [3.05, 3.63) is 35.2 Å². The summed E-state index contributed by atoms with van der Waals surface area (Å²) in [6.07, 6.45) is -2.96. The number of anilines is 1. The van der Waals surface area contributed by atoms with E-state index in [2.05, 4.69) is 20.3 Å². The van der Waals surface area contributed by atoms with Crippen LogP contribution in [0.2, 0.25) is 5.15 Å². The molecule has 1 aliphatic rings. The molecule has 0 unspecified atom stereocenters. The molecule has 4 rings (SSSR count). The molecule has 1 fully saturated rings. The number of pyridine rings is 1. The molecule has 38 heavy (non-hydrogen) atoms. The number of rotatable bonds is 3. The number of carbonyl (C=O) groups is 2. The number of alkyl halides is 3. The molecule has 1 saturated heterocycles. The van der Waals surface area contributed by atoms with Crippen LogP contribution in [0, 0.1) is 0 Å². The molecule has 0 radical (unpaired) electrons. The molecule has 0 bridgehead atoms. The number of methoxy groups -OCH3 is 1. The summed E-state index contributed by atoms with van der Waals surface area (Å²) in [5.74, 6) is -0.0649. The number of likely N-dealkylation sites (tertiary alicyclic amines) is 1. The Bertz CT molecular complexity index is 1370. The van der Waals surface area contributed by atoms with Gasteiger partial charge in [0.15, 0.2) is 5.65 Å². The number of nitrogens with zero attached hydrogens (tertiary/aromatic N) is 5. The SMILES string of the molecule is COC(=O)n1cc(-c2nc(N[C@H]3CCCN(C(=O)OC(C)(C)C)C3)ncc2C(F)(F)F)c2ccc(Cl)nc21. The van der Waals surface area contributed by atoms with Gasteiger partial charge in [-0.1, -0.05) is 11.6 Å². The van der Waals surface area contributed by atoms with Crippen molar-refractivity contribution in [2.24, 2.45) is 0 Å². The lowest BCUT2D eigenvalue weighted by atomic mass is 10.1. The van der Waals surface area contributed by atoms with E-state index in [4.69, 9.17) is 21.1 Å². The minimum absolute atomic E-state index is 0.00799. The van der Waals surface area contributed by atoms with Crippen molar-refractivity contribution in [2.75, 3.05) is 25.5 Å². The third kappa shape index (κ3) is 5.93. The largest absolute Gasteiger partial charge is 0.452 e. The van der Waals surface area contributed by atoms with Gasteiger partial charge in [0.05, 0.1) is 12.8 Å². The predicted octanol–water partition coefficient (Wildman–Crippen LogP) is 5.59. The lowest BCUT2D eigenvalue weighted by Gasteiger charge is -2.34. The van der Waals surface area contributed by atoms with E-state index in [1.807, 2.05) is 0 Å². The Morgan fingerprint density at radius 3 is 2.55 bits per heavy atom. The first-order valence-electron chi connectivity index (χ1n) is 11.7. The molecule has 1 N–H and O–H groups in total. The Balaban J connectivity index is 1.71. The van der Waals surface area contributed by atoms with Gasteiger partial charge in [-0.15, -0.1) is 0 Å². The highest BCUT2D eigenvalue weighted by Gasteiger charge is 2.37. The Labute approximate surface area is 221 Å². The van der Waals surface area contributed by atoms with E-state index in [1.165, 1.54) is 23.2 Å². The number of ether oxygens (including phenoxy) is 2. The van der Waals surface area contributed by atoms with Crippen molar-refractivity contribution in [2.45, 2.75) is 51.4 Å². The lowest BCUT2D eigenvalue weighted by molar-refractivity contribution is -0.137. The topological polar surface area (TPSA) is 111 Å². The minimum Gasteiger partial charge on any atom is -0.452 e. The number of nitrogens with one attached hydrogen (secondary N) is 1. The summed E-state index contributed by atoms with van der Waals surface area (Å²) in [5, 5.41) is 3.29. The molecular formula is C24H26ClF3N6O4. The van der Waals surface area contributed by atoms with Crippen LogP contribution in [0.15, 0.2) is 24.5 Å². The first-order valence-corrected chi connectivity index (χ1v) is 12.1. The summed E-state index contributed by atoms with van der Waals surface area (Å²) in [5.41, 5.74) is -2.20. The van der Waals surface area contributed by atoms with Gasteiger partial charge in [0.25, 0.3) is 0 Å². The molecular weight excluding hydrogens is 529 g/mol. The van der Waals surface area contributed by atoms with E-state index in [1.54, 1.807) is 20.8 Å². The maximum Gasteiger partial charge on any atom is 0.419 e. The van der Waals surface area contributed by atoms with Crippen LogP contribution >= 0.6 is 11.6 Å². The number of hydrogen-bond donors (Lipinski definition) is 1. The molecule has 204 valence electrons. The van der Waals surface area contributed by atoms with Crippen molar-refractivity contribution in [3.8, 4) is 11.3 Å². The van der Waals surface area contributed by atoms with Gasteiger partial charge in [-0.2, -0.15) is 13.2 Å². The maximum atomic E-state index is 14.0. The summed E-state index contributed by atoms with van der Waals surface area (Å²) in [7, 11) is 1.14. The molecule has 1 amide bonds. The Morgan fingerprint density at radius 1 is 1.16 bits per heavy atom. The standard InChI is InChI=1S/C24H26ClF3N6O4/c1-23(2,3)38-21(35)33-9-5-6-13(11-33)30-20-29-10-16(24(26,27)28)18(32-20)15-12-34(22(36)37-4)19-14(15)7-8-17(25)31-19/h7-8,10,12-13H,5-6,9,11H2,1-4H3,(H,29,30,32)/t13-/m0/s1. The molecule has 0 aromatic carbocycles. The molecule has 0 saturated carbocycles. The number of amides is 1. The number of carbonyl (C=O) groups excluding carboxylic acids is 2. The van der Waals surface area contributed by atoms with Crippen molar-refractivity contribution in [1.29, 1.82) is 0 Å². The van der Waals surface area contributed by atoms with E-state index in [0.29, 0.717) is 25.6 Å². The second-order valence-corrected chi connectivity index (χ2v) is 10.1. The fourth-order valence-electron chi connectivity index (χ4n) is 4.14. The smallest absolute Gasteiger partial charge is 0.419 e. The molecule has 14 heteroatoms. The maximum absolute atomic E-state index is 14.0. The lowest BCUT2D eigenvalue weighted by Crippen LogP contribution is -2.47. The van der Waals surface area contributed by atoms with Gasteiger partial charge in [0, 0.05) is 42.5 Å². The van der Waals surface area contributed by atoms with Crippen molar-refractivity contribution in [3.63, 3.8) is 0 Å². The third-order valence-corrected chi connectivity index (χ3v) is 5.96. The van der Waals surface area contributed by atoms with Gasteiger partial charge < -0.3 is 19.7 Å². The Kier molecular flexibility index (Phi) is 7.42. The fraction of sp³-hybridized carbons (Fsp3) is 0.458. The van der Waals surface area contributed by atoms with Crippen molar-refractivity contribution >= 4 is 40.8 Å². The first kappa shape index (κ1) is 27.4. The zero-order valence-electron chi connectivity index (χ0n) is 21.1. The number of halogens is 4. The van der Waals surface area contributed by atoms with E-state index in [0.717, 1.165) is 11.7 Å². The number of piperidine rings is 1. The summed E-state index contributed by atoms with van der Waals surface area (Å²) < 4.78 is 53.1. The molecule has 4 heterocycles. The van der Waals surface area contributed by atoms with E-state index in [9.17, 15) is 22.8 Å². The van der Waals surface area contributed by atoms with Gasteiger partial charge in [-0.05, 0) is 45.7 Å². The quantitative estimate of drug-likeness (QED) is 0.417. The van der Waals surface area contributed by atoms with E-state index >= 15 is 0 Å². The molecule has 1 atom stereocenters. The third-order valence-electron chi connectivity index (χ3n) is 5.74. The van der Waals surface area contributed by atoms with Gasteiger partial charge in [-0.3, -0.25) is 0 Å². The van der Waals surface area contributed by atoms with E-state index < -0.39 is 35.2 Å². The fourth-order valence-corrected chi connectivity index (χ4v) is 4.28. The average molecular weight is 555 g/mol. The van der Waals surface area contributed by atoms with Crippen molar-refractivity contribution in [1.82, 2.24) is 24.4 Å². The Morgan fingerprint density at radius 2 is 1.89 bits per heavy atom. The van der Waals surface area contributed by atoms with Gasteiger partial charge in [-0.25, -0.2) is 29.1 Å². The van der Waals surface area contributed by atoms with Gasteiger partial charge >= 0.3 is 18.4 Å². The first-order chi connectivity index (χ1) is 17.8. The summed E-state index contributed by atoms with van der Waals surface area (Å²) in [6, 6.07) is 2.53. The minimum atomic E-state index is -4.79. The summed E-state index contributed by atoms with van der Waals surface area (Å²) in [6.45, 7) is 6.06. The normalized spacial score (nSPS) is 16.4. The molecule has 3 aromatic heterocycles. The highest BCUT2D eigenvalue weighted by Crippen LogP contribution is 2.39. The monoisotopic (exact) mass is 554 g/mol. The zero-order valence-corrected chi connectivity index (χ0v) is 21.9. The van der Waals surface area contributed by atoms with Crippen LogP contribution in [0.1, 0.15) is 39.2 Å². The van der Waals surface area contributed by atoms with Crippen LogP contribution in [0.3, 0.4) is 0 Å². The second kappa shape index (κ2) is 10.3. The number of hydrogen-bond acceptors (Lipinski definition) is 8. The van der Waals surface area contributed by atoms with Gasteiger partial charge in [0.1, 0.15) is 16.3 Å². The summed E-state index contributed by atoms with van der Waals surface area (Å²) >= 11 is 5.97. The second-order valence-electron chi connectivity index (χ2n) is 9.75. The zero-order chi connectivity index (χ0) is 27.8. The van der Waals surface area contributed by atoms with Crippen molar-refractivity contribution < 1.29 is 32.2 Å².